The minimum atomic E-state index is -0.442. The summed E-state index contributed by atoms with van der Waals surface area (Å²) < 4.78 is 0. The molecule has 11 heavy (non-hydrogen) atoms. The predicted molar refractivity (Wildman–Crippen MR) is 41.8 cm³/mol. The molecule has 1 saturated heterocycles. The molecule has 2 atom stereocenters. The Kier molecular flexibility index (Phi) is 2.48. The largest absolute Gasteiger partial charge is 0.390 e. The van der Waals surface area contributed by atoms with Crippen molar-refractivity contribution in [1.29, 1.82) is 5.26 Å². The molecule has 0 amide bonds. The smallest absolute Gasteiger partial charge is 0.0862 e. The molecule has 0 aliphatic carbocycles. The van der Waals surface area contributed by atoms with Crippen molar-refractivity contribution < 1.29 is 5.11 Å². The lowest BCUT2D eigenvalue weighted by Gasteiger charge is -2.18. The second kappa shape index (κ2) is 3.21. The number of likely N-dealkylation sites (tertiary alicyclic amines) is 1. The van der Waals surface area contributed by atoms with E-state index in [9.17, 15) is 5.11 Å². The Morgan fingerprint density at radius 1 is 1.55 bits per heavy atom. The van der Waals surface area contributed by atoms with Gasteiger partial charge in [0.1, 0.15) is 0 Å². The van der Waals surface area contributed by atoms with Crippen LogP contribution in [0.15, 0.2) is 0 Å². The Hall–Kier alpha value is -0.590. The summed E-state index contributed by atoms with van der Waals surface area (Å²) in [6, 6.07) is 2.54. The van der Waals surface area contributed by atoms with Crippen LogP contribution in [0.2, 0.25) is 0 Å². The third-order valence-corrected chi connectivity index (χ3v) is 2.21. The first-order chi connectivity index (χ1) is 5.15. The van der Waals surface area contributed by atoms with Crippen molar-refractivity contribution in [3.05, 3.63) is 0 Å². The molecule has 0 aromatic carbocycles. The van der Waals surface area contributed by atoms with Gasteiger partial charge in [-0.05, 0) is 13.8 Å². The monoisotopic (exact) mass is 154 g/mol. The third kappa shape index (κ3) is 1.70. The number of aliphatic hydroxyl groups is 1. The van der Waals surface area contributed by atoms with Gasteiger partial charge < -0.3 is 5.11 Å². The van der Waals surface area contributed by atoms with E-state index in [-0.39, 0.29) is 5.92 Å². The number of hydrogen-bond acceptors (Lipinski definition) is 3. The van der Waals surface area contributed by atoms with Gasteiger partial charge in [-0.3, -0.25) is 4.90 Å². The summed E-state index contributed by atoms with van der Waals surface area (Å²) in [4.78, 5) is 2.12. The Morgan fingerprint density at radius 3 is 2.45 bits per heavy atom. The van der Waals surface area contributed by atoms with Gasteiger partial charge in [0.15, 0.2) is 0 Å². The zero-order valence-electron chi connectivity index (χ0n) is 6.99. The highest BCUT2D eigenvalue weighted by atomic mass is 16.3. The Morgan fingerprint density at radius 2 is 2.18 bits per heavy atom. The maximum atomic E-state index is 9.34. The Balaban J connectivity index is 2.51. The first kappa shape index (κ1) is 8.51. The SMILES string of the molecule is CC(C)N1C[C@@H](O)[C@H](C#N)C1. The molecule has 62 valence electrons. The van der Waals surface area contributed by atoms with E-state index < -0.39 is 6.10 Å². The molecule has 0 bridgehead atoms. The van der Waals surface area contributed by atoms with E-state index in [1.807, 2.05) is 0 Å². The van der Waals surface area contributed by atoms with Crippen molar-refractivity contribution in [3.63, 3.8) is 0 Å². The Bertz CT molecular complexity index is 173. The first-order valence-corrected chi connectivity index (χ1v) is 3.97. The lowest BCUT2D eigenvalue weighted by Crippen LogP contribution is -2.29. The molecule has 1 fully saturated rings. The molecular weight excluding hydrogens is 140 g/mol. The van der Waals surface area contributed by atoms with Crippen LogP contribution >= 0.6 is 0 Å². The van der Waals surface area contributed by atoms with Crippen molar-refractivity contribution in [2.75, 3.05) is 13.1 Å². The van der Waals surface area contributed by atoms with E-state index in [4.69, 9.17) is 5.26 Å². The first-order valence-electron chi connectivity index (χ1n) is 3.97. The van der Waals surface area contributed by atoms with E-state index in [0.29, 0.717) is 12.6 Å². The van der Waals surface area contributed by atoms with Crippen LogP contribution < -0.4 is 0 Å². The summed E-state index contributed by atoms with van der Waals surface area (Å²) in [5, 5.41) is 17.9. The van der Waals surface area contributed by atoms with Gasteiger partial charge in [0.05, 0.1) is 18.1 Å². The second-order valence-corrected chi connectivity index (χ2v) is 3.35. The number of rotatable bonds is 1. The minimum absolute atomic E-state index is 0.183. The number of hydrogen-bond donors (Lipinski definition) is 1. The van der Waals surface area contributed by atoms with Crippen LogP contribution in [0, 0.1) is 17.2 Å². The molecule has 3 nitrogen and oxygen atoms in total. The standard InChI is InChI=1S/C8H14N2O/c1-6(2)10-4-7(3-9)8(11)5-10/h6-8,11H,4-5H2,1-2H3/t7-,8-/m1/s1. The third-order valence-electron chi connectivity index (χ3n) is 2.21. The molecule has 1 aliphatic heterocycles. The lowest BCUT2D eigenvalue weighted by molar-refractivity contribution is 0.153. The molecule has 3 heteroatoms. The van der Waals surface area contributed by atoms with Crippen molar-refractivity contribution in [2.45, 2.75) is 26.0 Å². The molecule has 0 radical (unpaired) electrons. The lowest BCUT2D eigenvalue weighted by atomic mass is 10.1. The second-order valence-electron chi connectivity index (χ2n) is 3.35. The quantitative estimate of drug-likeness (QED) is 0.587. The Labute approximate surface area is 67.2 Å². The molecule has 1 rings (SSSR count). The van der Waals surface area contributed by atoms with Crippen LogP contribution in [0.25, 0.3) is 0 Å². The zero-order chi connectivity index (χ0) is 8.43. The van der Waals surface area contributed by atoms with Crippen molar-refractivity contribution in [2.24, 2.45) is 5.92 Å². The van der Waals surface area contributed by atoms with E-state index in [1.165, 1.54) is 0 Å². The molecule has 0 spiro atoms. The van der Waals surface area contributed by atoms with E-state index in [0.717, 1.165) is 6.54 Å². The van der Waals surface area contributed by atoms with Gasteiger partial charge in [-0.1, -0.05) is 0 Å². The van der Waals surface area contributed by atoms with Gasteiger partial charge in [-0.25, -0.2) is 0 Å². The van der Waals surface area contributed by atoms with Crippen LogP contribution in [0.3, 0.4) is 0 Å². The average molecular weight is 154 g/mol. The molecule has 1 aliphatic rings. The van der Waals surface area contributed by atoms with Crippen LogP contribution in [0.1, 0.15) is 13.8 Å². The van der Waals surface area contributed by atoms with Gasteiger partial charge >= 0.3 is 0 Å². The van der Waals surface area contributed by atoms with Crippen molar-refractivity contribution >= 4 is 0 Å². The zero-order valence-corrected chi connectivity index (χ0v) is 6.99. The van der Waals surface area contributed by atoms with E-state index in [1.54, 1.807) is 0 Å². The number of nitrogens with zero attached hydrogens (tertiary/aromatic N) is 2. The molecule has 0 unspecified atom stereocenters. The van der Waals surface area contributed by atoms with Crippen molar-refractivity contribution in [1.82, 2.24) is 4.90 Å². The van der Waals surface area contributed by atoms with Gasteiger partial charge in [0, 0.05) is 19.1 Å². The van der Waals surface area contributed by atoms with Crippen LogP contribution in [-0.2, 0) is 0 Å². The highest BCUT2D eigenvalue weighted by Crippen LogP contribution is 2.17. The van der Waals surface area contributed by atoms with Crippen LogP contribution in [-0.4, -0.2) is 35.2 Å². The number of nitriles is 1. The molecular formula is C8H14N2O. The molecule has 1 heterocycles. The van der Waals surface area contributed by atoms with Gasteiger partial charge in [-0.2, -0.15) is 5.26 Å². The molecule has 0 saturated carbocycles. The maximum absolute atomic E-state index is 9.34. The van der Waals surface area contributed by atoms with Crippen LogP contribution in [0.4, 0.5) is 0 Å². The fraction of sp³-hybridized carbons (Fsp3) is 0.875. The predicted octanol–water partition coefficient (Wildman–Crippen LogP) is 0.211. The van der Waals surface area contributed by atoms with Crippen LogP contribution in [0.5, 0.6) is 0 Å². The fourth-order valence-electron chi connectivity index (χ4n) is 1.36. The van der Waals surface area contributed by atoms with Gasteiger partial charge in [0.2, 0.25) is 0 Å². The van der Waals surface area contributed by atoms with E-state index in [2.05, 4.69) is 24.8 Å². The van der Waals surface area contributed by atoms with Gasteiger partial charge in [-0.15, -0.1) is 0 Å². The molecule has 0 aromatic heterocycles. The summed E-state index contributed by atoms with van der Waals surface area (Å²) in [6.45, 7) is 5.52. The molecule has 0 aromatic rings. The highest BCUT2D eigenvalue weighted by molar-refractivity contribution is 4.97. The summed E-state index contributed by atoms with van der Waals surface area (Å²) in [6.07, 6.45) is -0.442. The topological polar surface area (TPSA) is 47.3 Å². The molecule has 1 N–H and O–H groups in total. The summed E-state index contributed by atoms with van der Waals surface area (Å²) in [5.41, 5.74) is 0. The number of aliphatic hydroxyl groups excluding tert-OH is 1. The highest BCUT2D eigenvalue weighted by Gasteiger charge is 2.32. The number of β-amino-alcohol motifs (C(OH)–C–C–N with tert-alkyl or cyclic N) is 1. The fourth-order valence-corrected chi connectivity index (χ4v) is 1.36. The van der Waals surface area contributed by atoms with Gasteiger partial charge in [0.25, 0.3) is 0 Å². The normalized spacial score (nSPS) is 32.6. The summed E-state index contributed by atoms with van der Waals surface area (Å²) >= 11 is 0. The average Bonchev–Trinajstić information content (AvgIpc) is 2.31. The minimum Gasteiger partial charge on any atom is -0.390 e. The van der Waals surface area contributed by atoms with E-state index >= 15 is 0 Å². The van der Waals surface area contributed by atoms with Crippen molar-refractivity contribution in [3.8, 4) is 6.07 Å². The summed E-state index contributed by atoms with van der Waals surface area (Å²) in [5.74, 6) is -0.183. The maximum Gasteiger partial charge on any atom is 0.0862 e. The summed E-state index contributed by atoms with van der Waals surface area (Å²) in [7, 11) is 0.